The second-order valence-corrected chi connectivity index (χ2v) is 3.37. The Balaban J connectivity index is 2.03. The molecule has 0 bridgehead atoms. The highest BCUT2D eigenvalue weighted by atomic mass is 16.3. The smallest absolute Gasteiger partial charge is 0.203 e. The van der Waals surface area contributed by atoms with Gasteiger partial charge in [-0.3, -0.25) is 4.98 Å². The lowest BCUT2D eigenvalue weighted by atomic mass is 10.3. The summed E-state index contributed by atoms with van der Waals surface area (Å²) >= 11 is 0. The first-order valence-electron chi connectivity index (χ1n) is 4.94. The molecule has 16 heavy (non-hydrogen) atoms. The number of aromatic nitrogens is 1. The molecule has 0 spiro atoms. The minimum atomic E-state index is 0.333. The fourth-order valence-electron chi connectivity index (χ4n) is 1.39. The number of anilines is 1. The molecule has 0 fully saturated rings. The van der Waals surface area contributed by atoms with Crippen LogP contribution in [0, 0.1) is 18.3 Å². The zero-order chi connectivity index (χ0) is 11.4. The Hall–Kier alpha value is -2.28. The summed E-state index contributed by atoms with van der Waals surface area (Å²) in [4.78, 5) is 4.17. The number of hydrogen-bond donors (Lipinski definition) is 1. The SMILES string of the molecule is Cc1ncccc1NCc1ccc(C#N)o1. The second kappa shape index (κ2) is 4.49. The van der Waals surface area contributed by atoms with Gasteiger partial charge in [0.1, 0.15) is 11.8 Å². The lowest BCUT2D eigenvalue weighted by Crippen LogP contribution is -2.00. The molecule has 4 nitrogen and oxygen atoms in total. The predicted molar refractivity (Wildman–Crippen MR) is 59.7 cm³/mol. The minimum absolute atomic E-state index is 0.333. The third-order valence-corrected chi connectivity index (χ3v) is 2.23. The van der Waals surface area contributed by atoms with Gasteiger partial charge in [-0.1, -0.05) is 0 Å². The van der Waals surface area contributed by atoms with Gasteiger partial charge >= 0.3 is 0 Å². The third kappa shape index (κ3) is 2.20. The van der Waals surface area contributed by atoms with E-state index in [2.05, 4.69) is 10.3 Å². The maximum absolute atomic E-state index is 8.61. The zero-order valence-corrected chi connectivity index (χ0v) is 8.90. The van der Waals surface area contributed by atoms with Crippen LogP contribution in [0.15, 0.2) is 34.9 Å². The van der Waals surface area contributed by atoms with Crippen molar-refractivity contribution in [2.45, 2.75) is 13.5 Å². The van der Waals surface area contributed by atoms with Crippen LogP contribution < -0.4 is 5.32 Å². The molecule has 2 heterocycles. The molecule has 0 saturated heterocycles. The molecule has 0 saturated carbocycles. The Kier molecular flexibility index (Phi) is 2.88. The molecule has 0 amide bonds. The van der Waals surface area contributed by atoms with Crippen molar-refractivity contribution in [1.82, 2.24) is 4.98 Å². The van der Waals surface area contributed by atoms with Gasteiger partial charge in [0.15, 0.2) is 0 Å². The summed E-state index contributed by atoms with van der Waals surface area (Å²) in [6, 6.07) is 9.23. The summed E-state index contributed by atoms with van der Waals surface area (Å²) in [5.41, 5.74) is 1.91. The van der Waals surface area contributed by atoms with Crippen molar-refractivity contribution < 1.29 is 4.42 Å². The van der Waals surface area contributed by atoms with Crippen LogP contribution in [0.2, 0.25) is 0 Å². The molecule has 0 aliphatic carbocycles. The Labute approximate surface area is 93.5 Å². The monoisotopic (exact) mass is 213 g/mol. The number of nitriles is 1. The van der Waals surface area contributed by atoms with E-state index in [9.17, 15) is 0 Å². The van der Waals surface area contributed by atoms with Gasteiger partial charge in [0.05, 0.1) is 17.9 Å². The van der Waals surface area contributed by atoms with E-state index in [4.69, 9.17) is 9.68 Å². The summed E-state index contributed by atoms with van der Waals surface area (Å²) in [5, 5.41) is 11.8. The van der Waals surface area contributed by atoms with Crippen molar-refractivity contribution >= 4 is 5.69 Å². The van der Waals surface area contributed by atoms with E-state index in [1.54, 1.807) is 18.3 Å². The molecule has 0 atom stereocenters. The summed E-state index contributed by atoms with van der Waals surface area (Å²) in [6.45, 7) is 2.49. The highest BCUT2D eigenvalue weighted by molar-refractivity contribution is 5.46. The van der Waals surface area contributed by atoms with Crippen molar-refractivity contribution in [2.75, 3.05) is 5.32 Å². The Morgan fingerprint density at radius 3 is 3.00 bits per heavy atom. The molecule has 4 heteroatoms. The second-order valence-electron chi connectivity index (χ2n) is 3.37. The van der Waals surface area contributed by atoms with Crippen LogP contribution in [0.1, 0.15) is 17.2 Å². The maximum atomic E-state index is 8.61. The molecule has 1 N–H and O–H groups in total. The first kappa shape index (κ1) is 10.2. The molecule has 0 radical (unpaired) electrons. The van der Waals surface area contributed by atoms with E-state index >= 15 is 0 Å². The molecular weight excluding hydrogens is 202 g/mol. The van der Waals surface area contributed by atoms with Crippen molar-refractivity contribution in [1.29, 1.82) is 5.26 Å². The Morgan fingerprint density at radius 1 is 1.44 bits per heavy atom. The van der Waals surface area contributed by atoms with Gasteiger partial charge in [0.25, 0.3) is 0 Å². The lowest BCUT2D eigenvalue weighted by Gasteiger charge is -2.06. The fourth-order valence-corrected chi connectivity index (χ4v) is 1.39. The van der Waals surface area contributed by atoms with Gasteiger partial charge in [0, 0.05) is 6.20 Å². The van der Waals surface area contributed by atoms with Gasteiger partial charge in [-0.2, -0.15) is 5.26 Å². The van der Waals surface area contributed by atoms with Crippen molar-refractivity contribution in [3.05, 3.63) is 47.7 Å². The topological polar surface area (TPSA) is 61.9 Å². The normalized spacial score (nSPS) is 9.75. The van der Waals surface area contributed by atoms with Crippen molar-refractivity contribution in [2.24, 2.45) is 0 Å². The number of rotatable bonds is 3. The standard InChI is InChI=1S/C12H11N3O/c1-9-12(3-2-6-14-9)15-8-11-5-4-10(7-13)16-11/h2-6,15H,8H2,1H3. The summed E-state index contributed by atoms with van der Waals surface area (Å²) in [7, 11) is 0. The number of nitrogens with zero attached hydrogens (tertiary/aromatic N) is 2. The number of aryl methyl sites for hydroxylation is 1. The quantitative estimate of drug-likeness (QED) is 0.850. The van der Waals surface area contributed by atoms with Crippen LogP contribution >= 0.6 is 0 Å². The highest BCUT2D eigenvalue weighted by Crippen LogP contribution is 2.13. The average molecular weight is 213 g/mol. The fraction of sp³-hybridized carbons (Fsp3) is 0.167. The van der Waals surface area contributed by atoms with Gasteiger partial charge < -0.3 is 9.73 Å². The van der Waals surface area contributed by atoms with Crippen LogP contribution in [-0.2, 0) is 6.54 Å². The molecular formula is C12H11N3O. The summed E-state index contributed by atoms with van der Waals surface area (Å²) < 4.78 is 5.25. The first-order valence-corrected chi connectivity index (χ1v) is 4.94. The van der Waals surface area contributed by atoms with E-state index in [0.717, 1.165) is 17.1 Å². The number of pyridine rings is 1. The average Bonchev–Trinajstić information content (AvgIpc) is 2.76. The summed E-state index contributed by atoms with van der Waals surface area (Å²) in [5.74, 6) is 1.07. The van der Waals surface area contributed by atoms with E-state index in [0.29, 0.717) is 12.3 Å². The van der Waals surface area contributed by atoms with Gasteiger partial charge in [0.2, 0.25) is 5.76 Å². The predicted octanol–water partition coefficient (Wildman–Crippen LogP) is 2.47. The molecule has 0 aliphatic rings. The van der Waals surface area contributed by atoms with Crippen LogP contribution in [-0.4, -0.2) is 4.98 Å². The zero-order valence-electron chi connectivity index (χ0n) is 8.90. The van der Waals surface area contributed by atoms with E-state index in [1.165, 1.54) is 0 Å². The molecule has 0 aromatic carbocycles. The first-order chi connectivity index (χ1) is 7.79. The number of nitrogens with one attached hydrogen (secondary N) is 1. The van der Waals surface area contributed by atoms with Gasteiger partial charge in [-0.25, -0.2) is 0 Å². The van der Waals surface area contributed by atoms with Gasteiger partial charge in [-0.05, 0) is 31.2 Å². The summed E-state index contributed by atoms with van der Waals surface area (Å²) in [6.07, 6.45) is 1.75. The Bertz CT molecular complexity index is 525. The van der Waals surface area contributed by atoms with Crippen LogP contribution in [0.25, 0.3) is 0 Å². The minimum Gasteiger partial charge on any atom is -0.449 e. The molecule has 0 aliphatic heterocycles. The highest BCUT2D eigenvalue weighted by Gasteiger charge is 2.02. The van der Waals surface area contributed by atoms with Crippen molar-refractivity contribution in [3.8, 4) is 6.07 Å². The third-order valence-electron chi connectivity index (χ3n) is 2.23. The van der Waals surface area contributed by atoms with E-state index in [1.807, 2.05) is 25.1 Å². The largest absolute Gasteiger partial charge is 0.449 e. The molecule has 2 aromatic rings. The van der Waals surface area contributed by atoms with Crippen LogP contribution in [0.3, 0.4) is 0 Å². The number of furan rings is 1. The maximum Gasteiger partial charge on any atom is 0.203 e. The van der Waals surface area contributed by atoms with Crippen molar-refractivity contribution in [3.63, 3.8) is 0 Å². The van der Waals surface area contributed by atoms with Gasteiger partial charge in [-0.15, -0.1) is 0 Å². The lowest BCUT2D eigenvalue weighted by molar-refractivity contribution is 0.506. The molecule has 80 valence electrons. The van der Waals surface area contributed by atoms with Crippen LogP contribution in [0.5, 0.6) is 0 Å². The molecule has 2 aromatic heterocycles. The van der Waals surface area contributed by atoms with E-state index in [-0.39, 0.29) is 0 Å². The number of hydrogen-bond acceptors (Lipinski definition) is 4. The molecule has 0 unspecified atom stereocenters. The Morgan fingerprint density at radius 2 is 2.31 bits per heavy atom. The molecule has 2 rings (SSSR count). The van der Waals surface area contributed by atoms with Crippen LogP contribution in [0.4, 0.5) is 5.69 Å². The van der Waals surface area contributed by atoms with E-state index < -0.39 is 0 Å².